The van der Waals surface area contributed by atoms with Crippen molar-refractivity contribution < 1.29 is 4.79 Å². The molecular formula is C23H24N6O2. The van der Waals surface area contributed by atoms with Crippen molar-refractivity contribution in [3.63, 3.8) is 0 Å². The first kappa shape index (κ1) is 20.3. The molecule has 4 rings (SSSR count). The van der Waals surface area contributed by atoms with Crippen LogP contribution in [0.25, 0.3) is 16.6 Å². The van der Waals surface area contributed by atoms with E-state index in [-0.39, 0.29) is 17.4 Å². The molecule has 2 aromatic heterocycles. The molecule has 0 fully saturated rings. The number of aryl methyl sites for hydroxylation is 1. The molecule has 8 heteroatoms. The van der Waals surface area contributed by atoms with Gasteiger partial charge >= 0.3 is 0 Å². The SMILES string of the molecule is CCc1c(C(=O)NNc2nc3ccccc3c(=O)n2CC)cnn1-c1cccc(C)c1. The number of fused-ring (bicyclic) bond motifs is 1. The highest BCUT2D eigenvalue weighted by Crippen LogP contribution is 2.17. The zero-order chi connectivity index (χ0) is 22.0. The van der Waals surface area contributed by atoms with Crippen molar-refractivity contribution >= 4 is 22.8 Å². The first-order valence-corrected chi connectivity index (χ1v) is 10.2. The van der Waals surface area contributed by atoms with E-state index in [4.69, 9.17) is 0 Å². The van der Waals surface area contributed by atoms with Gasteiger partial charge in [-0.05, 0) is 50.1 Å². The Morgan fingerprint density at radius 2 is 1.90 bits per heavy atom. The van der Waals surface area contributed by atoms with Gasteiger partial charge in [0.25, 0.3) is 11.5 Å². The summed E-state index contributed by atoms with van der Waals surface area (Å²) < 4.78 is 3.26. The molecule has 0 spiro atoms. The lowest BCUT2D eigenvalue weighted by atomic mass is 10.2. The number of para-hydroxylation sites is 1. The third-order valence-electron chi connectivity index (χ3n) is 5.16. The quantitative estimate of drug-likeness (QED) is 0.471. The number of hydrogen-bond acceptors (Lipinski definition) is 5. The first-order valence-electron chi connectivity index (χ1n) is 10.2. The maximum absolute atomic E-state index is 12.9. The predicted molar refractivity (Wildman–Crippen MR) is 120 cm³/mol. The van der Waals surface area contributed by atoms with Crippen LogP contribution in [0.3, 0.4) is 0 Å². The Morgan fingerprint density at radius 1 is 1.10 bits per heavy atom. The summed E-state index contributed by atoms with van der Waals surface area (Å²) in [5.41, 5.74) is 9.17. The van der Waals surface area contributed by atoms with Gasteiger partial charge in [-0.15, -0.1) is 0 Å². The van der Waals surface area contributed by atoms with Gasteiger partial charge < -0.3 is 0 Å². The molecule has 0 aliphatic carbocycles. The van der Waals surface area contributed by atoms with Crippen LogP contribution in [0.5, 0.6) is 0 Å². The van der Waals surface area contributed by atoms with Gasteiger partial charge in [0.05, 0.1) is 34.0 Å². The van der Waals surface area contributed by atoms with E-state index in [0.29, 0.717) is 29.4 Å². The van der Waals surface area contributed by atoms with Gasteiger partial charge in [-0.3, -0.25) is 25.0 Å². The third-order valence-corrected chi connectivity index (χ3v) is 5.16. The largest absolute Gasteiger partial charge is 0.277 e. The number of aromatic nitrogens is 4. The number of rotatable bonds is 6. The molecule has 1 amide bonds. The van der Waals surface area contributed by atoms with Crippen LogP contribution in [0.2, 0.25) is 0 Å². The van der Waals surface area contributed by atoms with E-state index in [2.05, 4.69) is 20.9 Å². The van der Waals surface area contributed by atoms with Gasteiger partial charge in [0, 0.05) is 6.54 Å². The van der Waals surface area contributed by atoms with Gasteiger partial charge in [-0.1, -0.05) is 31.2 Å². The number of amides is 1. The molecule has 158 valence electrons. The van der Waals surface area contributed by atoms with E-state index in [1.54, 1.807) is 29.1 Å². The molecule has 2 aromatic carbocycles. The number of hydrogen-bond donors (Lipinski definition) is 2. The van der Waals surface area contributed by atoms with E-state index in [1.165, 1.54) is 4.57 Å². The minimum Gasteiger partial charge on any atom is -0.277 e. The predicted octanol–water partition coefficient (Wildman–Crippen LogP) is 3.23. The molecule has 0 saturated carbocycles. The van der Waals surface area contributed by atoms with E-state index >= 15 is 0 Å². The van der Waals surface area contributed by atoms with Crippen molar-refractivity contribution in [2.24, 2.45) is 0 Å². The van der Waals surface area contributed by atoms with Gasteiger partial charge in [-0.25, -0.2) is 9.67 Å². The van der Waals surface area contributed by atoms with Crippen LogP contribution in [0.1, 0.15) is 35.5 Å². The van der Waals surface area contributed by atoms with Gasteiger partial charge in [-0.2, -0.15) is 5.10 Å². The van der Waals surface area contributed by atoms with E-state index in [1.807, 2.05) is 51.1 Å². The normalized spacial score (nSPS) is 10.9. The summed E-state index contributed by atoms with van der Waals surface area (Å²) in [5, 5.41) is 4.96. The molecular weight excluding hydrogens is 392 g/mol. The van der Waals surface area contributed by atoms with Crippen LogP contribution < -0.4 is 16.4 Å². The summed E-state index contributed by atoms with van der Waals surface area (Å²) in [5.74, 6) is -0.0653. The molecule has 0 bridgehead atoms. The fraction of sp³-hybridized carbons (Fsp3) is 0.217. The van der Waals surface area contributed by atoms with Crippen LogP contribution in [0.4, 0.5) is 5.95 Å². The standard InChI is InChI=1S/C23H24N6O2/c1-4-20-18(14-24-29(20)16-10-8-9-15(3)13-16)21(30)26-27-23-25-19-12-7-6-11-17(19)22(31)28(23)5-2/h6-14H,4-5H2,1-3H3,(H,25,27)(H,26,30). The Hall–Kier alpha value is -3.94. The van der Waals surface area contributed by atoms with Crippen molar-refractivity contribution in [2.45, 2.75) is 33.7 Å². The fourth-order valence-electron chi connectivity index (χ4n) is 3.62. The Morgan fingerprint density at radius 3 is 2.65 bits per heavy atom. The molecule has 2 heterocycles. The molecule has 0 aliphatic rings. The topological polar surface area (TPSA) is 93.8 Å². The number of anilines is 1. The lowest BCUT2D eigenvalue weighted by Crippen LogP contribution is -2.34. The first-order chi connectivity index (χ1) is 15.0. The van der Waals surface area contributed by atoms with Gasteiger partial charge in [0.2, 0.25) is 5.95 Å². The highest BCUT2D eigenvalue weighted by molar-refractivity contribution is 5.96. The van der Waals surface area contributed by atoms with Gasteiger partial charge in [0.15, 0.2) is 0 Å². The summed E-state index contributed by atoms with van der Waals surface area (Å²) in [4.78, 5) is 30.1. The van der Waals surface area contributed by atoms with Crippen molar-refractivity contribution in [3.8, 4) is 5.69 Å². The molecule has 4 aromatic rings. The average molecular weight is 416 g/mol. The second-order valence-corrected chi connectivity index (χ2v) is 7.19. The van der Waals surface area contributed by atoms with Gasteiger partial charge in [0.1, 0.15) is 0 Å². The molecule has 0 aliphatic heterocycles. The molecule has 2 N–H and O–H groups in total. The lowest BCUT2D eigenvalue weighted by molar-refractivity contribution is 0.0961. The number of benzene rings is 2. The summed E-state index contributed by atoms with van der Waals surface area (Å²) >= 11 is 0. The Bertz CT molecular complexity index is 1320. The van der Waals surface area contributed by atoms with Crippen molar-refractivity contribution in [1.29, 1.82) is 0 Å². The fourth-order valence-corrected chi connectivity index (χ4v) is 3.62. The molecule has 0 saturated heterocycles. The number of hydrazine groups is 1. The van der Waals surface area contributed by atoms with E-state index in [9.17, 15) is 9.59 Å². The highest BCUT2D eigenvalue weighted by atomic mass is 16.2. The van der Waals surface area contributed by atoms with Crippen molar-refractivity contribution in [2.75, 3.05) is 5.43 Å². The van der Waals surface area contributed by atoms with E-state index in [0.717, 1.165) is 16.9 Å². The molecule has 0 radical (unpaired) electrons. The minimum absolute atomic E-state index is 0.161. The number of carbonyl (C=O) groups is 1. The van der Waals surface area contributed by atoms with Crippen molar-refractivity contribution in [1.82, 2.24) is 24.8 Å². The maximum Gasteiger partial charge on any atom is 0.273 e. The van der Waals surface area contributed by atoms with Crippen LogP contribution >= 0.6 is 0 Å². The summed E-state index contributed by atoms with van der Waals surface area (Å²) in [7, 11) is 0. The maximum atomic E-state index is 12.9. The van der Waals surface area contributed by atoms with Crippen LogP contribution in [0.15, 0.2) is 59.5 Å². The second-order valence-electron chi connectivity index (χ2n) is 7.19. The Labute approximate surface area is 179 Å². The molecule has 0 unspecified atom stereocenters. The number of nitrogens with one attached hydrogen (secondary N) is 2. The Kier molecular flexibility index (Phi) is 5.53. The monoisotopic (exact) mass is 416 g/mol. The molecule has 31 heavy (non-hydrogen) atoms. The number of carbonyl (C=O) groups excluding carboxylic acids is 1. The zero-order valence-corrected chi connectivity index (χ0v) is 17.7. The summed E-state index contributed by atoms with van der Waals surface area (Å²) in [6.07, 6.45) is 2.18. The van der Waals surface area contributed by atoms with Crippen LogP contribution in [-0.4, -0.2) is 25.2 Å². The lowest BCUT2D eigenvalue weighted by Gasteiger charge is -2.14. The second kappa shape index (κ2) is 8.43. The highest BCUT2D eigenvalue weighted by Gasteiger charge is 2.18. The van der Waals surface area contributed by atoms with Crippen molar-refractivity contribution in [3.05, 3.63) is 81.9 Å². The summed E-state index contributed by atoms with van der Waals surface area (Å²) in [6, 6.07) is 15.1. The smallest absolute Gasteiger partial charge is 0.273 e. The summed E-state index contributed by atoms with van der Waals surface area (Å²) in [6.45, 7) is 6.26. The molecule has 8 nitrogen and oxygen atoms in total. The van der Waals surface area contributed by atoms with Crippen LogP contribution in [0, 0.1) is 6.92 Å². The zero-order valence-electron chi connectivity index (χ0n) is 17.7. The minimum atomic E-state index is -0.346. The third kappa shape index (κ3) is 3.79. The Balaban J connectivity index is 1.62. The number of nitrogens with zero attached hydrogens (tertiary/aromatic N) is 4. The molecule has 0 atom stereocenters. The van der Waals surface area contributed by atoms with E-state index < -0.39 is 0 Å². The van der Waals surface area contributed by atoms with Crippen LogP contribution in [-0.2, 0) is 13.0 Å². The average Bonchev–Trinajstić information content (AvgIpc) is 3.22.